The Morgan fingerprint density at radius 1 is 1.29 bits per heavy atom. The van der Waals surface area contributed by atoms with Gasteiger partial charge in [-0.1, -0.05) is 42.5 Å². The molecule has 0 saturated carbocycles. The summed E-state index contributed by atoms with van der Waals surface area (Å²) < 4.78 is 7.07. The Bertz CT molecular complexity index is 916. The molecule has 0 amide bonds. The van der Waals surface area contributed by atoms with E-state index in [9.17, 15) is 0 Å². The van der Waals surface area contributed by atoms with E-state index < -0.39 is 11.9 Å². The fourth-order valence-electron chi connectivity index (χ4n) is 2.95. The minimum absolute atomic E-state index is 0.0658. The predicted octanol–water partition coefficient (Wildman–Crippen LogP) is 2.89. The van der Waals surface area contributed by atoms with Crippen molar-refractivity contribution in [1.29, 1.82) is 0 Å². The van der Waals surface area contributed by atoms with E-state index in [-0.39, 0.29) is 6.10 Å². The molecule has 0 spiro atoms. The molecule has 10 heteroatoms. The Morgan fingerprint density at radius 3 is 2.55 bits per heavy atom. The van der Waals surface area contributed by atoms with Gasteiger partial charge in [0.05, 0.1) is 12.1 Å². The second-order valence-electron chi connectivity index (χ2n) is 7.05. The van der Waals surface area contributed by atoms with E-state index in [1.54, 1.807) is 6.20 Å². The van der Waals surface area contributed by atoms with E-state index in [2.05, 4.69) is 62.0 Å². The molecule has 2 heterocycles. The standard InChI is InChI=1S/C19H22BrN3OS.C2H2O4/c1-22(12-14-6-4-3-5-7-14)9-8-16-13-23(2)19(25)17-10-15(20)11-21-18(17)24-16;3-1(4)2(5)6/h3-7,10-11,16H,8-9,12-13H2,1-2H3;(H,3,4)(H,5,6). The van der Waals surface area contributed by atoms with Gasteiger partial charge in [0.1, 0.15) is 11.1 Å². The number of carboxylic acid groups (broad SMARTS) is 2. The van der Waals surface area contributed by atoms with Crippen LogP contribution < -0.4 is 4.74 Å². The number of hydrogen-bond donors (Lipinski definition) is 2. The Kier molecular flexibility index (Phi) is 9.35. The van der Waals surface area contributed by atoms with Crippen molar-refractivity contribution in [3.8, 4) is 5.88 Å². The molecule has 1 unspecified atom stereocenters. The summed E-state index contributed by atoms with van der Waals surface area (Å²) in [7, 11) is 4.16. The Hall–Kier alpha value is -2.56. The van der Waals surface area contributed by atoms with E-state index in [0.717, 1.165) is 41.1 Å². The van der Waals surface area contributed by atoms with Crippen LogP contribution in [0.4, 0.5) is 0 Å². The fourth-order valence-corrected chi connectivity index (χ4v) is 3.50. The molecule has 1 aliphatic heterocycles. The molecule has 1 aromatic heterocycles. The quantitative estimate of drug-likeness (QED) is 0.464. The van der Waals surface area contributed by atoms with Crippen LogP contribution in [0, 0.1) is 0 Å². The van der Waals surface area contributed by atoms with Crippen molar-refractivity contribution in [1.82, 2.24) is 14.8 Å². The monoisotopic (exact) mass is 509 g/mol. The van der Waals surface area contributed by atoms with Crippen LogP contribution in [-0.2, 0) is 16.1 Å². The predicted molar refractivity (Wildman–Crippen MR) is 123 cm³/mol. The molecule has 3 rings (SSSR count). The molecule has 31 heavy (non-hydrogen) atoms. The average molecular weight is 510 g/mol. The van der Waals surface area contributed by atoms with E-state index in [1.165, 1.54) is 5.56 Å². The first-order valence-electron chi connectivity index (χ1n) is 9.43. The van der Waals surface area contributed by atoms with Gasteiger partial charge < -0.3 is 24.7 Å². The molecule has 0 radical (unpaired) electrons. The van der Waals surface area contributed by atoms with Gasteiger partial charge in [0.2, 0.25) is 5.88 Å². The van der Waals surface area contributed by atoms with Crippen molar-refractivity contribution >= 4 is 45.1 Å². The van der Waals surface area contributed by atoms with Gasteiger partial charge in [0, 0.05) is 30.8 Å². The summed E-state index contributed by atoms with van der Waals surface area (Å²) in [5.41, 5.74) is 2.20. The second-order valence-corrected chi connectivity index (χ2v) is 8.36. The van der Waals surface area contributed by atoms with Crippen LogP contribution in [0.15, 0.2) is 47.1 Å². The van der Waals surface area contributed by atoms with Crippen LogP contribution in [0.3, 0.4) is 0 Å². The number of rotatable bonds is 5. The summed E-state index contributed by atoms with van der Waals surface area (Å²) in [5.74, 6) is -3.02. The number of aliphatic carboxylic acids is 2. The Morgan fingerprint density at radius 2 is 1.94 bits per heavy atom. The lowest BCUT2D eigenvalue weighted by molar-refractivity contribution is -0.159. The summed E-state index contributed by atoms with van der Waals surface area (Å²) in [4.78, 5) is 27.8. The zero-order chi connectivity index (χ0) is 23.0. The van der Waals surface area contributed by atoms with Crippen molar-refractivity contribution in [2.24, 2.45) is 0 Å². The lowest BCUT2D eigenvalue weighted by atomic mass is 10.2. The number of benzene rings is 1. The Labute approximate surface area is 194 Å². The number of hydrogen-bond acceptors (Lipinski definition) is 6. The fraction of sp³-hybridized carbons (Fsp3) is 0.333. The highest BCUT2D eigenvalue weighted by Crippen LogP contribution is 2.26. The van der Waals surface area contributed by atoms with Crippen LogP contribution in [0.5, 0.6) is 5.88 Å². The molecule has 0 fully saturated rings. The number of fused-ring (bicyclic) bond motifs is 1. The molecule has 1 atom stereocenters. The molecule has 8 nitrogen and oxygen atoms in total. The van der Waals surface area contributed by atoms with Crippen LogP contribution in [0.25, 0.3) is 0 Å². The number of thiocarbonyl (C=S) groups is 1. The number of carbonyl (C=O) groups is 2. The lowest BCUT2D eigenvalue weighted by Gasteiger charge is -2.24. The maximum atomic E-state index is 9.10. The molecule has 2 N–H and O–H groups in total. The molecular weight excluding hydrogens is 486 g/mol. The highest BCUT2D eigenvalue weighted by atomic mass is 79.9. The summed E-state index contributed by atoms with van der Waals surface area (Å²) >= 11 is 9.04. The number of halogens is 1. The minimum Gasteiger partial charge on any atom is -0.473 e. The van der Waals surface area contributed by atoms with Gasteiger partial charge in [-0.3, -0.25) is 0 Å². The molecule has 166 valence electrons. The lowest BCUT2D eigenvalue weighted by Crippen LogP contribution is -2.35. The first-order chi connectivity index (χ1) is 14.7. The molecule has 2 aromatic rings. The maximum Gasteiger partial charge on any atom is 0.414 e. The minimum atomic E-state index is -1.82. The zero-order valence-corrected chi connectivity index (χ0v) is 19.6. The normalized spacial score (nSPS) is 15.3. The summed E-state index contributed by atoms with van der Waals surface area (Å²) in [6, 6.07) is 12.5. The van der Waals surface area contributed by atoms with Gasteiger partial charge >= 0.3 is 11.9 Å². The largest absolute Gasteiger partial charge is 0.473 e. The van der Waals surface area contributed by atoms with Crippen molar-refractivity contribution in [3.05, 3.63) is 58.2 Å². The number of nitrogens with zero attached hydrogens (tertiary/aromatic N) is 3. The van der Waals surface area contributed by atoms with Crippen molar-refractivity contribution in [3.63, 3.8) is 0 Å². The number of pyridine rings is 1. The SMILES string of the molecule is CN(CCC1CN(C)C(=S)c2cc(Br)cnc2O1)Cc1ccccc1.O=C(O)C(=O)O. The van der Waals surface area contributed by atoms with Gasteiger partial charge in [-0.15, -0.1) is 0 Å². The van der Waals surface area contributed by atoms with Crippen LogP contribution >= 0.6 is 28.1 Å². The highest BCUT2D eigenvalue weighted by molar-refractivity contribution is 9.10. The van der Waals surface area contributed by atoms with Crippen LogP contribution in [0.2, 0.25) is 0 Å². The second kappa shape index (κ2) is 11.7. The molecule has 0 aliphatic carbocycles. The smallest absolute Gasteiger partial charge is 0.414 e. The average Bonchev–Trinajstić information content (AvgIpc) is 2.84. The summed E-state index contributed by atoms with van der Waals surface area (Å²) in [5, 5.41) is 14.8. The maximum absolute atomic E-state index is 9.10. The molecular formula is C21H24BrN3O5S. The highest BCUT2D eigenvalue weighted by Gasteiger charge is 2.25. The van der Waals surface area contributed by atoms with E-state index in [1.807, 2.05) is 19.2 Å². The van der Waals surface area contributed by atoms with Crippen molar-refractivity contribution in [2.75, 3.05) is 27.2 Å². The topological polar surface area (TPSA) is 103 Å². The van der Waals surface area contributed by atoms with Crippen LogP contribution in [0.1, 0.15) is 17.5 Å². The third-order valence-electron chi connectivity index (χ3n) is 4.46. The molecule has 1 aromatic carbocycles. The van der Waals surface area contributed by atoms with Gasteiger partial charge in [-0.25, -0.2) is 14.6 Å². The van der Waals surface area contributed by atoms with Gasteiger partial charge in [0.25, 0.3) is 0 Å². The first kappa shape index (κ1) is 24.7. The van der Waals surface area contributed by atoms with E-state index >= 15 is 0 Å². The van der Waals surface area contributed by atoms with Crippen molar-refractivity contribution in [2.45, 2.75) is 19.1 Å². The number of carboxylic acids is 2. The number of likely N-dealkylation sites (N-methyl/N-ethyl adjacent to an activating group) is 1. The van der Waals surface area contributed by atoms with E-state index in [4.69, 9.17) is 36.8 Å². The van der Waals surface area contributed by atoms with Crippen LogP contribution in [-0.4, -0.2) is 75.2 Å². The number of aromatic nitrogens is 1. The first-order valence-corrected chi connectivity index (χ1v) is 10.6. The number of ether oxygens (including phenoxy) is 1. The molecule has 0 saturated heterocycles. The summed E-state index contributed by atoms with van der Waals surface area (Å²) in [6.07, 6.45) is 2.75. The third-order valence-corrected chi connectivity index (χ3v) is 5.43. The third kappa shape index (κ3) is 7.89. The van der Waals surface area contributed by atoms with Crippen molar-refractivity contribution < 1.29 is 24.5 Å². The summed E-state index contributed by atoms with van der Waals surface area (Å²) in [6.45, 7) is 2.65. The van der Waals surface area contributed by atoms with Gasteiger partial charge in [-0.2, -0.15) is 0 Å². The zero-order valence-electron chi connectivity index (χ0n) is 17.2. The Balaban J connectivity index is 0.000000501. The van der Waals surface area contributed by atoms with Gasteiger partial charge in [0.15, 0.2) is 0 Å². The molecule has 1 aliphatic rings. The van der Waals surface area contributed by atoms with E-state index in [0.29, 0.717) is 5.88 Å². The van der Waals surface area contributed by atoms with Gasteiger partial charge in [-0.05, 0) is 41.0 Å². The molecule has 0 bridgehead atoms.